The van der Waals surface area contributed by atoms with Crippen LogP contribution < -0.4 is 4.57 Å². The summed E-state index contributed by atoms with van der Waals surface area (Å²) in [4.78, 5) is 0. The molecule has 1 aromatic rings. The lowest BCUT2D eigenvalue weighted by Gasteiger charge is -2.02. The van der Waals surface area contributed by atoms with Crippen LogP contribution in [0.1, 0.15) is 84.0 Å². The van der Waals surface area contributed by atoms with E-state index in [0.29, 0.717) is 0 Å². The molecule has 0 radical (unpaired) electrons. The van der Waals surface area contributed by atoms with Gasteiger partial charge in [-0.05, 0) is 6.42 Å². The number of nitriles is 4. The number of aromatic nitrogens is 1. The highest BCUT2D eigenvalue weighted by Gasteiger charge is 2.22. The van der Waals surface area contributed by atoms with E-state index in [2.05, 4.69) is 42.1 Å². The molecule has 0 aliphatic heterocycles. The molecule has 0 aliphatic carbocycles. The zero-order chi connectivity index (χ0) is 21.6. The van der Waals surface area contributed by atoms with Crippen LogP contribution in [0.4, 0.5) is 0 Å². The lowest BCUT2D eigenvalue weighted by Crippen LogP contribution is -2.32. The second kappa shape index (κ2) is 18.5. The summed E-state index contributed by atoms with van der Waals surface area (Å²) in [6, 6.07) is 6.31. The normalized spacial score (nSPS) is 9.83. The third-order valence-corrected chi connectivity index (χ3v) is 4.82. The van der Waals surface area contributed by atoms with E-state index in [9.17, 15) is 0 Å². The largest absolute Gasteiger partial charge is 0.383 e. The van der Waals surface area contributed by atoms with Gasteiger partial charge in [0.1, 0.15) is 6.54 Å². The number of unbranched alkanes of at least 4 members (excludes halogenated alkanes) is 11. The van der Waals surface area contributed by atoms with E-state index in [1.165, 1.54) is 107 Å². The second-order valence-electron chi connectivity index (χ2n) is 7.38. The van der Waals surface area contributed by atoms with Crippen LogP contribution in [0, 0.1) is 44.9 Å². The number of rotatable bonds is 13. The molecule has 0 atom stereocenters. The van der Waals surface area contributed by atoms with Crippen molar-refractivity contribution < 1.29 is 4.57 Å². The zero-order valence-corrected chi connectivity index (χ0v) is 17.9. The van der Waals surface area contributed by atoms with Gasteiger partial charge in [-0.1, -0.05) is 77.2 Å². The fourth-order valence-corrected chi connectivity index (χ4v) is 2.89. The van der Waals surface area contributed by atoms with Crippen molar-refractivity contribution in [2.75, 3.05) is 0 Å². The van der Waals surface area contributed by atoms with Crippen molar-refractivity contribution in [2.45, 2.75) is 90.5 Å². The van der Waals surface area contributed by atoms with Crippen molar-refractivity contribution in [3.8, 4) is 23.9 Å². The fraction of sp³-hybridized carbons (Fsp3) is 0.609. The molecule has 1 rings (SSSR count). The summed E-state index contributed by atoms with van der Waals surface area (Å²) in [7, 11) is 0. The van der Waals surface area contributed by atoms with Crippen LogP contribution in [0.2, 0.25) is 0 Å². The quantitative estimate of drug-likeness (QED) is 0.257. The minimum absolute atomic E-state index is 1.18. The van der Waals surface area contributed by atoms with E-state index in [-0.39, 0.29) is 0 Å². The Kier molecular flexibility index (Phi) is 16.7. The van der Waals surface area contributed by atoms with Crippen LogP contribution in [0.25, 0.3) is 0 Å². The van der Waals surface area contributed by atoms with E-state index in [0.717, 1.165) is 0 Å². The van der Waals surface area contributed by atoms with Gasteiger partial charge in [0.25, 0.3) is 0 Å². The summed E-state index contributed by atoms with van der Waals surface area (Å²) >= 11 is 0. The smallest absolute Gasteiger partial charge is 0.245 e. The van der Waals surface area contributed by atoms with Gasteiger partial charge in [0.15, 0.2) is 12.4 Å². The SMILES string of the molecule is CCCCCCCCCCCCCC[n+]1ccccc1.N#C[B-](C#N)(C#N)C#N. The van der Waals surface area contributed by atoms with Gasteiger partial charge in [-0.15, -0.1) is 23.9 Å². The third kappa shape index (κ3) is 13.9. The minimum Gasteiger partial charge on any atom is -0.245 e. The Balaban J connectivity index is 0.000000734. The zero-order valence-electron chi connectivity index (χ0n) is 17.9. The molecule has 0 N–H and O–H groups in total. The molecule has 0 aromatic carbocycles. The maximum absolute atomic E-state index is 8.09. The Morgan fingerprint density at radius 2 is 0.966 bits per heavy atom. The molecular formula is C23H34BN5. The fourth-order valence-electron chi connectivity index (χ4n) is 2.89. The highest BCUT2D eigenvalue weighted by Crippen LogP contribution is 2.11. The number of pyridine rings is 1. The summed E-state index contributed by atoms with van der Waals surface area (Å²) in [5, 5.41) is 32.3. The lowest BCUT2D eigenvalue weighted by molar-refractivity contribution is -0.697. The molecule has 154 valence electrons. The first-order valence-electron chi connectivity index (χ1n) is 10.9. The highest BCUT2D eigenvalue weighted by molar-refractivity contribution is 7.05. The van der Waals surface area contributed by atoms with E-state index in [1.807, 2.05) is 0 Å². The molecule has 1 heterocycles. The van der Waals surface area contributed by atoms with Crippen LogP contribution in [0.5, 0.6) is 0 Å². The first kappa shape index (κ1) is 26.2. The number of hydrogen-bond donors (Lipinski definition) is 0. The van der Waals surface area contributed by atoms with Gasteiger partial charge >= 0.3 is 6.15 Å². The summed E-state index contributed by atoms with van der Waals surface area (Å²) in [5.41, 5.74) is 0. The van der Waals surface area contributed by atoms with Gasteiger partial charge in [0, 0.05) is 18.6 Å². The van der Waals surface area contributed by atoms with Crippen molar-refractivity contribution >= 4 is 6.15 Å². The summed E-state index contributed by atoms with van der Waals surface area (Å²) in [6.45, 7) is 3.47. The lowest BCUT2D eigenvalue weighted by atomic mass is 9.30. The molecule has 29 heavy (non-hydrogen) atoms. The predicted octanol–water partition coefficient (Wildman–Crippen LogP) is 5.36. The Morgan fingerprint density at radius 3 is 1.31 bits per heavy atom. The maximum atomic E-state index is 8.09. The van der Waals surface area contributed by atoms with E-state index in [4.69, 9.17) is 21.0 Å². The highest BCUT2D eigenvalue weighted by atomic mass is 14.9. The maximum Gasteiger partial charge on any atom is 0.383 e. The van der Waals surface area contributed by atoms with Crippen LogP contribution in [0.15, 0.2) is 30.6 Å². The first-order valence-corrected chi connectivity index (χ1v) is 10.9. The standard InChI is InChI=1S/C19H34N.C4BN4/c1-2-3-4-5-6-7-8-9-10-11-12-14-17-20-18-15-13-16-19-20;6-1-5(2-7,3-8)4-9/h13,15-16,18-19H,2-12,14,17H2,1H3;/q+1;-1. The first-order chi connectivity index (χ1) is 14.2. The van der Waals surface area contributed by atoms with Gasteiger partial charge < -0.3 is 0 Å². The molecule has 0 saturated heterocycles. The minimum atomic E-state index is -2.72. The average Bonchev–Trinajstić information content (AvgIpc) is 2.78. The molecule has 1 aromatic heterocycles. The number of nitrogens with zero attached hydrogens (tertiary/aromatic N) is 5. The monoisotopic (exact) mass is 391 g/mol. The molecule has 0 amide bonds. The molecule has 5 nitrogen and oxygen atoms in total. The van der Waals surface area contributed by atoms with Crippen molar-refractivity contribution in [1.29, 1.82) is 21.0 Å². The van der Waals surface area contributed by atoms with Crippen LogP contribution >= 0.6 is 0 Å². The third-order valence-electron chi connectivity index (χ3n) is 4.82. The van der Waals surface area contributed by atoms with Crippen LogP contribution in [0.3, 0.4) is 0 Å². The summed E-state index contributed by atoms with van der Waals surface area (Å²) < 4.78 is 2.29. The van der Waals surface area contributed by atoms with Crippen LogP contribution in [-0.4, -0.2) is 6.15 Å². The molecule has 0 spiro atoms. The van der Waals surface area contributed by atoms with Crippen molar-refractivity contribution in [2.24, 2.45) is 0 Å². The Hall–Kier alpha value is -2.83. The molecule has 0 aliphatic rings. The summed E-state index contributed by atoms with van der Waals surface area (Å²) in [5.74, 6) is 5.38. The van der Waals surface area contributed by atoms with E-state index < -0.39 is 6.15 Å². The van der Waals surface area contributed by atoms with Crippen molar-refractivity contribution in [3.05, 3.63) is 30.6 Å². The van der Waals surface area contributed by atoms with Crippen molar-refractivity contribution in [1.82, 2.24) is 0 Å². The predicted molar refractivity (Wildman–Crippen MR) is 116 cm³/mol. The van der Waals surface area contributed by atoms with Gasteiger partial charge in [0.2, 0.25) is 0 Å². The molecule has 0 unspecified atom stereocenters. The average molecular weight is 391 g/mol. The van der Waals surface area contributed by atoms with Gasteiger partial charge in [0.05, 0.1) is 0 Å². The summed E-state index contributed by atoms with van der Waals surface area (Å²) in [6.07, 6.45) is 18.7. The molecule has 0 saturated carbocycles. The van der Waals surface area contributed by atoms with E-state index in [1.54, 1.807) is 0 Å². The Bertz CT molecular complexity index is 630. The van der Waals surface area contributed by atoms with Gasteiger partial charge in [-0.3, -0.25) is 0 Å². The molecular weight excluding hydrogens is 357 g/mol. The number of hydrogen-bond acceptors (Lipinski definition) is 4. The Morgan fingerprint density at radius 1 is 0.586 bits per heavy atom. The van der Waals surface area contributed by atoms with Crippen LogP contribution in [-0.2, 0) is 6.54 Å². The van der Waals surface area contributed by atoms with Gasteiger partial charge in [-0.25, -0.2) is 25.6 Å². The topological polar surface area (TPSA) is 99.0 Å². The molecule has 0 bridgehead atoms. The number of aryl methyl sites for hydroxylation is 1. The molecule has 0 fully saturated rings. The van der Waals surface area contributed by atoms with E-state index >= 15 is 0 Å². The van der Waals surface area contributed by atoms with Crippen molar-refractivity contribution in [3.63, 3.8) is 0 Å². The van der Waals surface area contributed by atoms with Gasteiger partial charge in [-0.2, -0.15) is 0 Å². The second-order valence-corrected chi connectivity index (χ2v) is 7.38. The Labute approximate surface area is 177 Å². The molecule has 6 heteroatoms.